The van der Waals surface area contributed by atoms with Gasteiger partial charge in [-0.25, -0.2) is 9.97 Å². The van der Waals surface area contributed by atoms with E-state index in [-0.39, 0.29) is 0 Å². The molecule has 1 heterocycles. The Hall–Kier alpha value is -1.26. The predicted molar refractivity (Wildman–Crippen MR) is 76.4 cm³/mol. The molecule has 5 heteroatoms. The predicted octanol–water partition coefficient (Wildman–Crippen LogP) is 4.10. The number of hydrogen-bond donors (Lipinski definition) is 1. The first kappa shape index (κ1) is 13.2. The molecule has 0 fully saturated rings. The van der Waals surface area contributed by atoms with Crippen LogP contribution in [0.5, 0.6) is 0 Å². The van der Waals surface area contributed by atoms with E-state index in [1.165, 1.54) is 0 Å². The number of rotatable bonds is 5. The number of halogens is 1. The van der Waals surface area contributed by atoms with Crippen LogP contribution in [0.1, 0.15) is 13.3 Å². The third kappa shape index (κ3) is 3.89. The summed E-state index contributed by atoms with van der Waals surface area (Å²) in [5.74, 6) is 0.677. The Morgan fingerprint density at radius 1 is 1.22 bits per heavy atom. The molecule has 0 spiro atoms. The van der Waals surface area contributed by atoms with Crippen molar-refractivity contribution in [2.24, 2.45) is 0 Å². The summed E-state index contributed by atoms with van der Waals surface area (Å²) in [5, 5.41) is 4.84. The molecule has 94 valence electrons. The van der Waals surface area contributed by atoms with Crippen LogP contribution >= 0.6 is 23.4 Å². The molecule has 0 aliphatic rings. The lowest BCUT2D eigenvalue weighted by Crippen LogP contribution is -2.03. The minimum atomic E-state index is 0.677. The molecule has 1 aromatic carbocycles. The summed E-state index contributed by atoms with van der Waals surface area (Å²) in [6, 6.07) is 9.61. The van der Waals surface area contributed by atoms with E-state index < -0.39 is 0 Å². The molecule has 0 unspecified atom stereocenters. The van der Waals surface area contributed by atoms with Crippen molar-refractivity contribution in [1.82, 2.24) is 9.97 Å². The summed E-state index contributed by atoms with van der Waals surface area (Å²) >= 11 is 7.45. The van der Waals surface area contributed by atoms with Crippen molar-refractivity contribution < 1.29 is 0 Å². The zero-order chi connectivity index (χ0) is 12.8. The first-order chi connectivity index (χ1) is 8.78. The molecule has 0 radical (unpaired) electrons. The molecule has 0 saturated carbocycles. The first-order valence-electron chi connectivity index (χ1n) is 5.78. The maximum absolute atomic E-state index is 5.85. The van der Waals surface area contributed by atoms with E-state index in [2.05, 4.69) is 22.2 Å². The van der Waals surface area contributed by atoms with Gasteiger partial charge in [0.25, 0.3) is 0 Å². The van der Waals surface area contributed by atoms with Gasteiger partial charge in [0.05, 0.1) is 0 Å². The molecule has 2 aromatic rings. The average Bonchev–Trinajstić information content (AvgIpc) is 2.40. The van der Waals surface area contributed by atoms with Gasteiger partial charge in [-0.15, -0.1) is 0 Å². The fraction of sp³-hybridized carbons (Fsp3) is 0.231. The summed E-state index contributed by atoms with van der Waals surface area (Å²) in [4.78, 5) is 9.72. The fourth-order valence-corrected chi connectivity index (χ4v) is 2.25. The molecule has 18 heavy (non-hydrogen) atoms. The van der Waals surface area contributed by atoms with Gasteiger partial charge >= 0.3 is 0 Å². The standard InChI is InChI=1S/C13H14ClN3S/c1-2-8-15-13-16-9-7-12(17-13)18-11-5-3-10(14)4-6-11/h3-7,9H,2,8H2,1H3,(H,15,16,17). The molecular formula is C13H14ClN3S. The summed E-state index contributed by atoms with van der Waals surface area (Å²) in [7, 11) is 0. The highest BCUT2D eigenvalue weighted by Gasteiger charge is 2.01. The summed E-state index contributed by atoms with van der Waals surface area (Å²) in [6.07, 6.45) is 2.82. The summed E-state index contributed by atoms with van der Waals surface area (Å²) < 4.78 is 0. The number of nitrogens with zero attached hydrogens (tertiary/aromatic N) is 2. The van der Waals surface area contributed by atoms with Crippen molar-refractivity contribution in [3.8, 4) is 0 Å². The molecular weight excluding hydrogens is 266 g/mol. The highest BCUT2D eigenvalue weighted by molar-refractivity contribution is 7.99. The summed E-state index contributed by atoms with van der Waals surface area (Å²) in [5.41, 5.74) is 0. The zero-order valence-electron chi connectivity index (χ0n) is 10.1. The Morgan fingerprint density at radius 2 is 2.00 bits per heavy atom. The second kappa shape index (κ2) is 6.61. The Bertz CT molecular complexity index is 502. The van der Waals surface area contributed by atoms with Gasteiger partial charge in [0.15, 0.2) is 0 Å². The van der Waals surface area contributed by atoms with Gasteiger partial charge in [0.2, 0.25) is 5.95 Å². The van der Waals surface area contributed by atoms with Gasteiger partial charge in [-0.05, 0) is 36.8 Å². The first-order valence-corrected chi connectivity index (χ1v) is 6.97. The second-order valence-corrected chi connectivity index (χ2v) is 5.23. The minimum Gasteiger partial charge on any atom is -0.354 e. The Kier molecular flexibility index (Phi) is 4.84. The van der Waals surface area contributed by atoms with Crippen molar-refractivity contribution in [2.75, 3.05) is 11.9 Å². The lowest BCUT2D eigenvalue weighted by molar-refractivity contribution is 0.935. The molecule has 0 atom stereocenters. The molecule has 1 aromatic heterocycles. The Labute approximate surface area is 116 Å². The van der Waals surface area contributed by atoms with Gasteiger partial charge in [-0.3, -0.25) is 0 Å². The molecule has 0 aliphatic heterocycles. The lowest BCUT2D eigenvalue weighted by Gasteiger charge is -2.05. The van der Waals surface area contributed by atoms with Crippen LogP contribution in [0.3, 0.4) is 0 Å². The molecule has 3 nitrogen and oxygen atoms in total. The highest BCUT2D eigenvalue weighted by Crippen LogP contribution is 2.27. The van der Waals surface area contributed by atoms with Crippen LogP contribution in [0.25, 0.3) is 0 Å². The third-order valence-electron chi connectivity index (χ3n) is 2.20. The minimum absolute atomic E-state index is 0.677. The third-order valence-corrected chi connectivity index (χ3v) is 3.40. The van der Waals surface area contributed by atoms with E-state index in [0.29, 0.717) is 5.95 Å². The second-order valence-electron chi connectivity index (χ2n) is 3.70. The van der Waals surface area contributed by atoms with Crippen LogP contribution < -0.4 is 5.32 Å². The number of nitrogens with one attached hydrogen (secondary N) is 1. The number of hydrogen-bond acceptors (Lipinski definition) is 4. The van der Waals surface area contributed by atoms with E-state index >= 15 is 0 Å². The van der Waals surface area contributed by atoms with E-state index in [1.807, 2.05) is 30.3 Å². The van der Waals surface area contributed by atoms with E-state index in [0.717, 1.165) is 27.9 Å². The van der Waals surface area contributed by atoms with Crippen molar-refractivity contribution in [1.29, 1.82) is 0 Å². The SMILES string of the molecule is CCCNc1nccc(Sc2ccc(Cl)cc2)n1. The van der Waals surface area contributed by atoms with Crippen LogP contribution in [0.15, 0.2) is 46.5 Å². The molecule has 2 rings (SSSR count). The van der Waals surface area contributed by atoms with Gasteiger partial charge in [-0.2, -0.15) is 0 Å². The topological polar surface area (TPSA) is 37.8 Å². The number of aromatic nitrogens is 2. The molecule has 0 saturated heterocycles. The van der Waals surface area contributed by atoms with Crippen LogP contribution in [-0.2, 0) is 0 Å². The lowest BCUT2D eigenvalue weighted by atomic mass is 10.4. The van der Waals surface area contributed by atoms with Gasteiger partial charge in [0, 0.05) is 22.7 Å². The molecule has 0 bridgehead atoms. The molecule has 0 amide bonds. The summed E-state index contributed by atoms with van der Waals surface area (Å²) in [6.45, 7) is 2.99. The quantitative estimate of drug-likeness (QED) is 0.836. The molecule has 0 aliphatic carbocycles. The van der Waals surface area contributed by atoms with Gasteiger partial charge in [-0.1, -0.05) is 30.3 Å². The number of anilines is 1. The zero-order valence-corrected chi connectivity index (χ0v) is 11.6. The van der Waals surface area contributed by atoms with Crippen molar-refractivity contribution in [3.63, 3.8) is 0 Å². The van der Waals surface area contributed by atoms with Crippen molar-refractivity contribution in [3.05, 3.63) is 41.6 Å². The van der Waals surface area contributed by atoms with Crippen LogP contribution in [0, 0.1) is 0 Å². The largest absolute Gasteiger partial charge is 0.354 e. The highest BCUT2D eigenvalue weighted by atomic mass is 35.5. The van der Waals surface area contributed by atoms with Crippen LogP contribution in [0.4, 0.5) is 5.95 Å². The van der Waals surface area contributed by atoms with Crippen molar-refractivity contribution in [2.45, 2.75) is 23.3 Å². The number of benzene rings is 1. The van der Waals surface area contributed by atoms with Crippen LogP contribution in [-0.4, -0.2) is 16.5 Å². The normalized spacial score (nSPS) is 10.3. The van der Waals surface area contributed by atoms with Gasteiger partial charge < -0.3 is 5.32 Å². The maximum atomic E-state index is 5.85. The van der Waals surface area contributed by atoms with Crippen LogP contribution in [0.2, 0.25) is 5.02 Å². The average molecular weight is 280 g/mol. The van der Waals surface area contributed by atoms with E-state index in [1.54, 1.807) is 18.0 Å². The van der Waals surface area contributed by atoms with Crippen molar-refractivity contribution >= 4 is 29.3 Å². The Morgan fingerprint density at radius 3 is 2.72 bits per heavy atom. The molecule has 1 N–H and O–H groups in total. The van der Waals surface area contributed by atoms with E-state index in [4.69, 9.17) is 11.6 Å². The maximum Gasteiger partial charge on any atom is 0.223 e. The monoisotopic (exact) mass is 279 g/mol. The Balaban J connectivity index is 2.06. The fourth-order valence-electron chi connectivity index (χ4n) is 1.34. The van der Waals surface area contributed by atoms with Gasteiger partial charge in [0.1, 0.15) is 5.03 Å². The van der Waals surface area contributed by atoms with E-state index in [9.17, 15) is 0 Å². The smallest absolute Gasteiger partial charge is 0.223 e.